The molecule has 0 radical (unpaired) electrons. The Morgan fingerprint density at radius 3 is 1.77 bits per heavy atom. The molecule has 2 amide bonds. The zero-order chi connectivity index (χ0) is 44.4. The first-order valence-electron chi connectivity index (χ1n) is 18.2. The monoisotopic (exact) mass is 897 g/mol. The Labute approximate surface area is 352 Å². The molecule has 336 valence electrons. The zero-order valence-electron chi connectivity index (χ0n) is 33.9. The predicted molar refractivity (Wildman–Crippen MR) is 225 cm³/mol. The van der Waals surface area contributed by atoms with Gasteiger partial charge in [-0.05, 0) is 44.6 Å². The normalized spacial score (nSPS) is 14.1. The van der Waals surface area contributed by atoms with Crippen molar-refractivity contribution in [1.82, 2.24) is 10.4 Å². The third-order valence-corrected chi connectivity index (χ3v) is 10.7. The molecule has 0 aromatic heterocycles. The molecule has 1 heterocycles. The van der Waals surface area contributed by atoms with Gasteiger partial charge in [0.1, 0.15) is 18.2 Å². The third kappa shape index (κ3) is 45.1. The smallest absolute Gasteiger partial charge is 0.308 e. The number of amides is 2. The molecule has 0 aliphatic carbocycles. The SMILES string of the molecule is CCC(O)CC(=O)OC.CCC(O)CCC(=O)CCSSC.CCC(O)COC=O.CSSCC(O)CNO.NOCC(O)CCC(=O)CCN1C(=O)C=CC1=O. The van der Waals surface area contributed by atoms with E-state index in [1.54, 1.807) is 43.2 Å². The molecule has 5 atom stereocenters. The molecule has 0 fully saturated rings. The van der Waals surface area contributed by atoms with E-state index in [1.807, 2.05) is 38.8 Å². The van der Waals surface area contributed by atoms with E-state index in [4.69, 9.17) is 26.4 Å². The van der Waals surface area contributed by atoms with Crippen LogP contribution in [0.25, 0.3) is 0 Å². The van der Waals surface area contributed by atoms with Gasteiger partial charge in [-0.25, -0.2) is 11.4 Å². The Kier molecular flexibility index (Phi) is 49.1. The summed E-state index contributed by atoms with van der Waals surface area (Å²) in [6.07, 6.45) is 8.09. The predicted octanol–water partition coefficient (Wildman–Crippen LogP) is 2.00. The fourth-order valence-corrected chi connectivity index (χ4v) is 5.95. The minimum Gasteiger partial charge on any atom is -0.469 e. The van der Waals surface area contributed by atoms with Crippen LogP contribution in [-0.4, -0.2) is 159 Å². The number of ether oxygens (including phenoxy) is 2. The van der Waals surface area contributed by atoms with Crippen molar-refractivity contribution in [2.75, 3.05) is 57.4 Å². The summed E-state index contributed by atoms with van der Waals surface area (Å²) in [6.45, 7) is 6.30. The van der Waals surface area contributed by atoms with Crippen molar-refractivity contribution < 1.29 is 73.8 Å². The summed E-state index contributed by atoms with van der Waals surface area (Å²) in [5, 5.41) is 53.1. The fraction of sp³-hybridized carbons (Fsp3) is 0.771. The Morgan fingerprint density at radius 2 is 1.32 bits per heavy atom. The van der Waals surface area contributed by atoms with Crippen molar-refractivity contribution in [3.63, 3.8) is 0 Å². The van der Waals surface area contributed by atoms with Crippen molar-refractivity contribution in [3.05, 3.63) is 12.2 Å². The molecule has 0 aromatic rings. The number of nitrogens with one attached hydrogen (secondary N) is 1. The van der Waals surface area contributed by atoms with Crippen molar-refractivity contribution >= 4 is 79.0 Å². The first-order valence-corrected chi connectivity index (χ1v) is 23.6. The van der Waals surface area contributed by atoms with Crippen LogP contribution >= 0.6 is 43.2 Å². The van der Waals surface area contributed by atoms with Crippen LogP contribution < -0.4 is 11.4 Å². The molecule has 0 spiro atoms. The van der Waals surface area contributed by atoms with Crippen molar-refractivity contribution in [1.29, 1.82) is 0 Å². The number of Topliss-reactive ketones (excluding diaryl/α,β-unsaturated/α-hetero) is 2. The molecular weight excluding hydrogens is 831 g/mol. The van der Waals surface area contributed by atoms with Crippen LogP contribution in [0.3, 0.4) is 0 Å². The zero-order valence-corrected chi connectivity index (χ0v) is 37.2. The van der Waals surface area contributed by atoms with E-state index in [-0.39, 0.29) is 75.6 Å². The van der Waals surface area contributed by atoms with Gasteiger partial charge in [-0.15, -0.1) is 0 Å². The van der Waals surface area contributed by atoms with Gasteiger partial charge in [0.2, 0.25) is 0 Å². The maximum Gasteiger partial charge on any atom is 0.308 e. The van der Waals surface area contributed by atoms with Crippen LogP contribution in [0.4, 0.5) is 0 Å². The van der Waals surface area contributed by atoms with Crippen LogP contribution in [0.5, 0.6) is 0 Å². The summed E-state index contributed by atoms with van der Waals surface area (Å²) >= 11 is 0. The molecule has 18 nitrogen and oxygen atoms in total. The highest BCUT2D eigenvalue weighted by atomic mass is 33.1. The number of aliphatic hydroxyl groups excluding tert-OH is 5. The summed E-state index contributed by atoms with van der Waals surface area (Å²) in [5.74, 6) is 5.30. The Hall–Kier alpha value is -1.80. The quantitative estimate of drug-likeness (QED) is 0.0139. The van der Waals surface area contributed by atoms with E-state index in [2.05, 4.69) is 14.3 Å². The molecule has 0 saturated heterocycles. The first-order chi connectivity index (χ1) is 27.1. The Balaban J connectivity index is -0.000000321. The number of esters is 1. The lowest BCUT2D eigenvalue weighted by Crippen LogP contribution is -2.32. The highest BCUT2D eigenvalue weighted by molar-refractivity contribution is 8.76. The summed E-state index contributed by atoms with van der Waals surface area (Å²) in [4.78, 5) is 70.2. The first kappa shape index (κ1) is 61.9. The maximum absolute atomic E-state index is 11.5. The second kappa shape index (κ2) is 45.3. The molecule has 22 heteroatoms. The molecule has 9 N–H and O–H groups in total. The van der Waals surface area contributed by atoms with E-state index in [1.165, 1.54) is 19.3 Å². The van der Waals surface area contributed by atoms with Crippen LogP contribution in [0.1, 0.15) is 85.0 Å². The summed E-state index contributed by atoms with van der Waals surface area (Å²) in [6, 6.07) is 0. The average molecular weight is 898 g/mol. The van der Waals surface area contributed by atoms with Crippen molar-refractivity contribution in [2.45, 2.75) is 115 Å². The number of hydrogen-bond donors (Lipinski definition) is 8. The number of hydroxylamine groups is 1. The second-order valence-electron chi connectivity index (χ2n) is 11.7. The molecule has 0 aromatic carbocycles. The minimum atomic E-state index is -0.782. The van der Waals surface area contributed by atoms with Crippen LogP contribution in [0, 0.1) is 0 Å². The van der Waals surface area contributed by atoms with Gasteiger partial charge in [0.15, 0.2) is 0 Å². The minimum absolute atomic E-state index is 0.0275. The van der Waals surface area contributed by atoms with Crippen LogP contribution in [-0.2, 0) is 43.1 Å². The summed E-state index contributed by atoms with van der Waals surface area (Å²) in [5.41, 5.74) is 1.90. The van der Waals surface area contributed by atoms with Crippen LogP contribution in [0.2, 0.25) is 0 Å². The lowest BCUT2D eigenvalue weighted by atomic mass is 10.1. The van der Waals surface area contributed by atoms with Gasteiger partial charge in [-0.3, -0.25) is 33.7 Å². The number of ketones is 2. The van der Waals surface area contributed by atoms with Gasteiger partial charge in [0, 0.05) is 62.4 Å². The van der Waals surface area contributed by atoms with E-state index in [0.29, 0.717) is 44.3 Å². The van der Waals surface area contributed by atoms with Gasteiger partial charge < -0.3 is 45.1 Å². The number of aliphatic hydroxyl groups is 5. The number of imide groups is 1. The van der Waals surface area contributed by atoms with E-state index < -0.39 is 36.2 Å². The topological polar surface area (TPSA) is 293 Å². The second-order valence-corrected chi connectivity index (χ2v) is 16.9. The van der Waals surface area contributed by atoms with Crippen molar-refractivity contribution in [3.8, 4) is 0 Å². The number of carbonyl (C=O) groups excluding carboxylic acids is 6. The molecule has 1 aliphatic rings. The lowest BCUT2D eigenvalue weighted by molar-refractivity contribution is -0.143. The van der Waals surface area contributed by atoms with Gasteiger partial charge in [-0.1, -0.05) is 63.9 Å². The highest BCUT2D eigenvalue weighted by Gasteiger charge is 2.23. The number of nitrogens with zero attached hydrogens (tertiary/aromatic N) is 1. The number of nitrogens with two attached hydrogens (primary N) is 1. The summed E-state index contributed by atoms with van der Waals surface area (Å²) < 4.78 is 8.58. The Morgan fingerprint density at radius 1 is 0.789 bits per heavy atom. The standard InChI is InChI=1S/C11H16N2O5.C9H18O2S2.C6H12O3.C5H10O3.C4H11NO2S2/c12-18-7-9(15)2-1-8(14)5-6-13-10(16)3-4-11(13)17;1-3-8(10)4-5-9(11)6-7-13-12-2;1-3-5(7)4-6(8)9-2;1-2-5(7)3-8-4-6;1-8-9-3-4(6)2-5-7/h3-4,9,15H,1-2,5-7,12H2;8,10H,3-7H2,1-2H3;5,7H,3-4H2,1-2H3;4-5,7H,2-3H2,1H3;4-7H,2-3H2,1H3. The lowest BCUT2D eigenvalue weighted by Gasteiger charge is -2.13. The fourth-order valence-electron chi connectivity index (χ4n) is 3.43. The van der Waals surface area contributed by atoms with Gasteiger partial charge in [0.25, 0.3) is 18.3 Å². The van der Waals surface area contributed by atoms with Crippen LogP contribution in [0.15, 0.2) is 12.2 Å². The molecule has 5 unspecified atom stereocenters. The van der Waals surface area contributed by atoms with E-state index in [9.17, 15) is 39.0 Å². The van der Waals surface area contributed by atoms with Gasteiger partial charge in [0.05, 0.1) is 50.7 Å². The molecule has 1 rings (SSSR count). The molecular formula is C35H67N3O15S4. The number of carbonyl (C=O) groups is 6. The third-order valence-electron chi connectivity index (χ3n) is 7.00. The van der Waals surface area contributed by atoms with Crippen molar-refractivity contribution in [2.24, 2.45) is 5.90 Å². The van der Waals surface area contributed by atoms with Gasteiger partial charge in [-0.2, -0.15) is 0 Å². The molecule has 57 heavy (non-hydrogen) atoms. The number of methoxy groups -OCH3 is 1. The molecule has 0 saturated carbocycles. The number of hydrogen-bond acceptors (Lipinski definition) is 21. The maximum atomic E-state index is 11.5. The molecule has 0 bridgehead atoms. The molecule has 1 aliphatic heterocycles. The number of rotatable bonds is 28. The van der Waals surface area contributed by atoms with Gasteiger partial charge >= 0.3 is 5.97 Å². The van der Waals surface area contributed by atoms with E-state index in [0.717, 1.165) is 17.1 Å². The van der Waals surface area contributed by atoms with E-state index >= 15 is 0 Å². The highest BCUT2D eigenvalue weighted by Crippen LogP contribution is 2.18. The largest absolute Gasteiger partial charge is 0.469 e. The summed E-state index contributed by atoms with van der Waals surface area (Å²) in [7, 11) is 7.88. The Bertz CT molecular complexity index is 1050. The average Bonchev–Trinajstić information content (AvgIpc) is 3.53.